The van der Waals surface area contributed by atoms with Gasteiger partial charge in [-0.15, -0.1) is 24.0 Å². The number of methoxy groups -OCH3 is 1. The van der Waals surface area contributed by atoms with Crippen molar-refractivity contribution in [2.24, 2.45) is 4.99 Å². The first-order chi connectivity index (χ1) is 12.1. The topological polar surface area (TPSA) is 40.1 Å². The van der Waals surface area contributed by atoms with Crippen molar-refractivity contribution in [3.05, 3.63) is 29.8 Å². The summed E-state index contributed by atoms with van der Waals surface area (Å²) in [4.78, 5) is 9.34. The molecular formula is C20H35IN4O. The zero-order chi connectivity index (χ0) is 18.2. The van der Waals surface area contributed by atoms with Gasteiger partial charge in [0, 0.05) is 38.6 Å². The lowest BCUT2D eigenvalue weighted by Crippen LogP contribution is -2.46. The lowest BCUT2D eigenvalue weighted by Gasteiger charge is -2.29. The minimum Gasteiger partial charge on any atom is -0.497 e. The molecule has 0 radical (unpaired) electrons. The molecule has 0 bridgehead atoms. The van der Waals surface area contributed by atoms with Crippen LogP contribution in [0, 0.1) is 0 Å². The maximum absolute atomic E-state index is 5.26. The van der Waals surface area contributed by atoms with Gasteiger partial charge in [-0.1, -0.05) is 26.0 Å². The van der Waals surface area contributed by atoms with Crippen LogP contribution in [0.2, 0.25) is 0 Å². The van der Waals surface area contributed by atoms with Crippen LogP contribution in [0.5, 0.6) is 5.75 Å². The Kier molecular flexibility index (Phi) is 10.3. The fourth-order valence-corrected chi connectivity index (χ4v) is 3.65. The number of halogens is 1. The molecular weight excluding hydrogens is 439 g/mol. The highest BCUT2D eigenvalue weighted by atomic mass is 127. The molecule has 6 heteroatoms. The summed E-state index contributed by atoms with van der Waals surface area (Å²) in [7, 11) is 3.59. The van der Waals surface area contributed by atoms with E-state index in [1.807, 2.05) is 7.05 Å². The molecule has 1 aromatic rings. The molecule has 1 saturated heterocycles. The van der Waals surface area contributed by atoms with Gasteiger partial charge >= 0.3 is 0 Å². The lowest BCUT2D eigenvalue weighted by molar-refractivity contribution is 0.230. The molecule has 1 aliphatic heterocycles. The SMILES string of the molecule is CCN(CC)C(C)CNC(=NC)N1CCC(c2ccc(OC)cc2)C1.I. The highest BCUT2D eigenvalue weighted by Crippen LogP contribution is 2.28. The van der Waals surface area contributed by atoms with Crippen molar-refractivity contribution in [2.45, 2.75) is 39.2 Å². The Labute approximate surface area is 176 Å². The van der Waals surface area contributed by atoms with Crippen molar-refractivity contribution in [1.82, 2.24) is 15.1 Å². The standard InChI is InChI=1S/C20H34N4O.HI/c1-6-23(7-2)16(3)14-22-20(21-4)24-13-12-18(15-24)17-8-10-19(25-5)11-9-17;/h8-11,16,18H,6-7,12-15H2,1-5H3,(H,21,22);1H. The van der Waals surface area contributed by atoms with E-state index in [4.69, 9.17) is 4.74 Å². The molecule has 1 fully saturated rings. The zero-order valence-electron chi connectivity index (χ0n) is 16.9. The van der Waals surface area contributed by atoms with Gasteiger partial charge in [-0.3, -0.25) is 9.89 Å². The van der Waals surface area contributed by atoms with Crippen LogP contribution < -0.4 is 10.1 Å². The minimum atomic E-state index is 0. The fraction of sp³-hybridized carbons (Fsp3) is 0.650. The van der Waals surface area contributed by atoms with E-state index in [9.17, 15) is 0 Å². The number of hydrogen-bond acceptors (Lipinski definition) is 3. The van der Waals surface area contributed by atoms with Crippen molar-refractivity contribution in [3.8, 4) is 5.75 Å². The number of likely N-dealkylation sites (tertiary alicyclic amines) is 1. The van der Waals surface area contributed by atoms with E-state index in [0.29, 0.717) is 12.0 Å². The Hall–Kier alpha value is -1.02. The molecule has 1 aliphatic rings. The van der Waals surface area contributed by atoms with Gasteiger partial charge in [-0.25, -0.2) is 0 Å². The molecule has 0 saturated carbocycles. The van der Waals surface area contributed by atoms with Crippen LogP contribution in [0.4, 0.5) is 0 Å². The van der Waals surface area contributed by atoms with Gasteiger partial charge in [-0.2, -0.15) is 0 Å². The van der Waals surface area contributed by atoms with E-state index in [0.717, 1.165) is 44.4 Å². The number of nitrogens with zero attached hydrogens (tertiary/aromatic N) is 3. The van der Waals surface area contributed by atoms with Gasteiger partial charge in [0.2, 0.25) is 0 Å². The molecule has 0 aliphatic carbocycles. The largest absolute Gasteiger partial charge is 0.497 e. The van der Waals surface area contributed by atoms with Crippen LogP contribution in [0.25, 0.3) is 0 Å². The second-order valence-corrected chi connectivity index (χ2v) is 6.70. The van der Waals surface area contributed by atoms with E-state index in [1.54, 1.807) is 7.11 Å². The van der Waals surface area contributed by atoms with Crippen molar-refractivity contribution in [3.63, 3.8) is 0 Å². The minimum absolute atomic E-state index is 0. The molecule has 148 valence electrons. The number of benzene rings is 1. The highest BCUT2D eigenvalue weighted by Gasteiger charge is 2.26. The smallest absolute Gasteiger partial charge is 0.193 e. The lowest BCUT2D eigenvalue weighted by atomic mass is 9.98. The number of aliphatic imine (C=N–C) groups is 1. The number of ether oxygens (including phenoxy) is 1. The third kappa shape index (κ3) is 6.01. The highest BCUT2D eigenvalue weighted by molar-refractivity contribution is 14.0. The molecule has 26 heavy (non-hydrogen) atoms. The summed E-state index contributed by atoms with van der Waals surface area (Å²) in [5, 5.41) is 3.56. The summed E-state index contributed by atoms with van der Waals surface area (Å²) in [5.41, 5.74) is 1.38. The van der Waals surface area contributed by atoms with Crippen molar-refractivity contribution >= 4 is 29.9 Å². The summed E-state index contributed by atoms with van der Waals surface area (Å²) in [5.74, 6) is 2.50. The summed E-state index contributed by atoms with van der Waals surface area (Å²) in [6.45, 7) is 11.9. The Morgan fingerprint density at radius 2 is 1.96 bits per heavy atom. The Morgan fingerprint density at radius 1 is 1.31 bits per heavy atom. The van der Waals surface area contributed by atoms with E-state index in [2.05, 4.69) is 65.1 Å². The molecule has 1 heterocycles. The van der Waals surface area contributed by atoms with Gasteiger partial charge in [0.25, 0.3) is 0 Å². The van der Waals surface area contributed by atoms with E-state index >= 15 is 0 Å². The summed E-state index contributed by atoms with van der Waals surface area (Å²) in [6.07, 6.45) is 1.17. The van der Waals surface area contributed by atoms with Gasteiger partial charge in [0.15, 0.2) is 5.96 Å². The first-order valence-corrected chi connectivity index (χ1v) is 9.46. The Bertz CT molecular complexity index is 545. The predicted molar refractivity (Wildman–Crippen MR) is 121 cm³/mol. The number of likely N-dealkylation sites (N-methyl/N-ethyl adjacent to an activating group) is 1. The summed E-state index contributed by atoms with van der Waals surface area (Å²) >= 11 is 0. The first-order valence-electron chi connectivity index (χ1n) is 9.46. The maximum atomic E-state index is 5.26. The van der Waals surface area contributed by atoms with Crippen LogP contribution in [0.15, 0.2) is 29.3 Å². The van der Waals surface area contributed by atoms with Crippen LogP contribution in [-0.4, -0.2) is 68.7 Å². The van der Waals surface area contributed by atoms with E-state index < -0.39 is 0 Å². The van der Waals surface area contributed by atoms with Crippen molar-refractivity contribution in [2.75, 3.05) is 46.9 Å². The average Bonchev–Trinajstić information content (AvgIpc) is 3.13. The molecule has 2 atom stereocenters. The molecule has 2 unspecified atom stereocenters. The molecule has 0 spiro atoms. The molecule has 0 aromatic heterocycles. The van der Waals surface area contributed by atoms with Crippen LogP contribution in [0.1, 0.15) is 38.7 Å². The molecule has 1 N–H and O–H groups in total. The number of rotatable bonds is 7. The average molecular weight is 474 g/mol. The van der Waals surface area contributed by atoms with Crippen LogP contribution >= 0.6 is 24.0 Å². The number of guanidine groups is 1. The van der Waals surface area contributed by atoms with Crippen molar-refractivity contribution < 1.29 is 4.74 Å². The normalized spacial score (nSPS) is 18.6. The molecule has 1 aromatic carbocycles. The predicted octanol–water partition coefficient (Wildman–Crippen LogP) is 3.41. The number of nitrogens with one attached hydrogen (secondary N) is 1. The van der Waals surface area contributed by atoms with Crippen LogP contribution in [0.3, 0.4) is 0 Å². The van der Waals surface area contributed by atoms with Gasteiger partial charge in [0.1, 0.15) is 5.75 Å². The van der Waals surface area contributed by atoms with E-state index in [1.165, 1.54) is 12.0 Å². The summed E-state index contributed by atoms with van der Waals surface area (Å²) in [6, 6.07) is 8.98. The molecule has 5 nitrogen and oxygen atoms in total. The zero-order valence-corrected chi connectivity index (χ0v) is 19.2. The summed E-state index contributed by atoms with van der Waals surface area (Å²) < 4.78 is 5.26. The number of hydrogen-bond donors (Lipinski definition) is 1. The Balaban J connectivity index is 0.00000338. The van der Waals surface area contributed by atoms with Gasteiger partial charge in [0.05, 0.1) is 7.11 Å². The quantitative estimate of drug-likeness (QED) is 0.374. The first kappa shape index (κ1) is 23.0. The van der Waals surface area contributed by atoms with Crippen LogP contribution in [-0.2, 0) is 0 Å². The molecule has 0 amide bonds. The molecule has 2 rings (SSSR count). The fourth-order valence-electron chi connectivity index (χ4n) is 3.65. The third-order valence-corrected chi connectivity index (χ3v) is 5.28. The monoisotopic (exact) mass is 474 g/mol. The van der Waals surface area contributed by atoms with Crippen molar-refractivity contribution in [1.29, 1.82) is 0 Å². The third-order valence-electron chi connectivity index (χ3n) is 5.28. The van der Waals surface area contributed by atoms with Gasteiger partial charge < -0.3 is 15.0 Å². The van der Waals surface area contributed by atoms with Gasteiger partial charge in [-0.05, 0) is 44.1 Å². The Morgan fingerprint density at radius 3 is 2.50 bits per heavy atom. The second-order valence-electron chi connectivity index (χ2n) is 6.70. The van der Waals surface area contributed by atoms with E-state index in [-0.39, 0.29) is 24.0 Å². The maximum Gasteiger partial charge on any atom is 0.193 e. The second kappa shape index (κ2) is 11.6.